The summed E-state index contributed by atoms with van der Waals surface area (Å²) < 4.78 is 41.3. The Morgan fingerprint density at radius 1 is 0.833 bits per heavy atom. The van der Waals surface area contributed by atoms with Crippen LogP contribution in [0, 0.1) is 0 Å². The van der Waals surface area contributed by atoms with Crippen molar-refractivity contribution in [3.8, 4) is 5.75 Å². The second kappa shape index (κ2) is 11.8. The van der Waals surface area contributed by atoms with Crippen molar-refractivity contribution >= 4 is 29.1 Å². The van der Waals surface area contributed by atoms with Crippen LogP contribution in [0.4, 0.5) is 18.9 Å². The van der Waals surface area contributed by atoms with Gasteiger partial charge in [-0.15, -0.1) is 0 Å². The zero-order valence-electron chi connectivity index (χ0n) is 22.4. The number of ketones is 2. The third-order valence-corrected chi connectivity index (χ3v) is 7.54. The maximum absolute atomic E-state index is 13.3. The molecule has 0 saturated heterocycles. The first-order chi connectivity index (χ1) is 20.0. The number of nitrogens with two attached hydrogens (primary N) is 1. The average Bonchev–Trinajstić information content (AvgIpc) is 2.97. The van der Waals surface area contributed by atoms with E-state index in [4.69, 9.17) is 5.73 Å². The zero-order valence-corrected chi connectivity index (χ0v) is 22.4. The molecular weight excluding hydrogens is 551 g/mol. The molecule has 4 N–H and O–H groups in total. The van der Waals surface area contributed by atoms with Gasteiger partial charge in [0.25, 0.3) is 0 Å². The molecule has 2 aliphatic rings. The number of nitrogens with one attached hydrogen (secondary N) is 2. The van der Waals surface area contributed by atoms with Crippen LogP contribution in [0.1, 0.15) is 63.1 Å². The van der Waals surface area contributed by atoms with Crippen molar-refractivity contribution < 1.29 is 37.1 Å². The zero-order chi connectivity index (χ0) is 30.0. The van der Waals surface area contributed by atoms with Crippen LogP contribution >= 0.6 is 0 Å². The molecule has 2 aliphatic carbocycles. The van der Waals surface area contributed by atoms with Crippen molar-refractivity contribution in [3.05, 3.63) is 94.5 Å². The maximum Gasteiger partial charge on any atom is 0.491 e. The van der Waals surface area contributed by atoms with E-state index in [1.165, 1.54) is 24.3 Å². The van der Waals surface area contributed by atoms with Gasteiger partial charge in [-0.1, -0.05) is 48.5 Å². The molecule has 0 heterocycles. The first-order valence-electron chi connectivity index (χ1n) is 13.5. The van der Waals surface area contributed by atoms with Gasteiger partial charge in [0.15, 0.2) is 11.6 Å². The Morgan fingerprint density at radius 3 is 2.07 bits per heavy atom. The number of benzene rings is 3. The third-order valence-electron chi connectivity index (χ3n) is 7.54. The number of ether oxygens (including phenoxy) is 1. The number of amides is 1. The number of hydrogen-bond donors (Lipinski definition) is 3. The molecule has 1 saturated carbocycles. The predicted molar refractivity (Wildman–Crippen MR) is 147 cm³/mol. The summed E-state index contributed by atoms with van der Waals surface area (Å²) in [6.07, 6.45) is -2.14. The molecule has 218 valence electrons. The Morgan fingerprint density at radius 2 is 1.43 bits per heavy atom. The van der Waals surface area contributed by atoms with Crippen molar-refractivity contribution in [2.24, 2.45) is 5.73 Å². The van der Waals surface area contributed by atoms with Crippen molar-refractivity contribution in [3.63, 3.8) is 0 Å². The Kier molecular flexibility index (Phi) is 8.13. The molecule has 0 aromatic heterocycles. The minimum absolute atomic E-state index is 0.0448. The molecule has 11 heteroatoms. The Labute approximate surface area is 239 Å². The van der Waals surface area contributed by atoms with Gasteiger partial charge in [-0.2, -0.15) is 13.2 Å². The van der Waals surface area contributed by atoms with Crippen molar-refractivity contribution in [1.29, 1.82) is 0 Å². The van der Waals surface area contributed by atoms with Gasteiger partial charge in [-0.3, -0.25) is 14.4 Å². The summed E-state index contributed by atoms with van der Waals surface area (Å²) in [5.41, 5.74) is 8.86. The highest BCUT2D eigenvalue weighted by atomic mass is 19.4. The number of hydrogen-bond acceptors (Lipinski definition) is 7. The maximum atomic E-state index is 13.3. The summed E-state index contributed by atoms with van der Waals surface area (Å²) in [4.78, 5) is 50.0. The molecule has 8 nitrogen and oxygen atoms in total. The second-order valence-electron chi connectivity index (χ2n) is 10.5. The summed E-state index contributed by atoms with van der Waals surface area (Å²) in [5.74, 6) is -3.28. The lowest BCUT2D eigenvalue weighted by Crippen LogP contribution is -2.48. The Balaban J connectivity index is 1.12. The van der Waals surface area contributed by atoms with E-state index in [2.05, 4.69) is 15.4 Å². The normalized spacial score (nSPS) is 18.9. The van der Waals surface area contributed by atoms with Gasteiger partial charge in [0.1, 0.15) is 5.75 Å². The molecule has 1 amide bonds. The van der Waals surface area contributed by atoms with Gasteiger partial charge in [0.2, 0.25) is 5.91 Å². The van der Waals surface area contributed by atoms with E-state index >= 15 is 0 Å². The SMILES string of the molecule is N[C@@H](Cc1ccc(OC(=O)C(F)(F)F)cc1)C(=O)NC1CCC(Nc2cccc3c2C(=O)c2ccccc2C3=O)CC1. The van der Waals surface area contributed by atoms with Crippen LogP contribution in [-0.2, 0) is 16.0 Å². The van der Waals surface area contributed by atoms with Crippen LogP contribution in [0.5, 0.6) is 5.75 Å². The lowest BCUT2D eigenvalue weighted by Gasteiger charge is -2.32. The lowest BCUT2D eigenvalue weighted by atomic mass is 9.83. The average molecular weight is 580 g/mol. The number of carbonyl (C=O) groups excluding carboxylic acids is 4. The minimum Gasteiger partial charge on any atom is -0.420 e. The molecule has 3 aromatic carbocycles. The lowest BCUT2D eigenvalue weighted by molar-refractivity contribution is -0.189. The first kappa shape index (κ1) is 29.0. The molecule has 0 radical (unpaired) electrons. The summed E-state index contributed by atoms with van der Waals surface area (Å²) in [5, 5.41) is 6.41. The summed E-state index contributed by atoms with van der Waals surface area (Å²) >= 11 is 0. The largest absolute Gasteiger partial charge is 0.491 e. The summed E-state index contributed by atoms with van der Waals surface area (Å²) in [6.45, 7) is 0. The Bertz CT molecular complexity index is 1530. The number of esters is 1. The van der Waals surface area contributed by atoms with E-state index in [0.717, 1.165) is 12.8 Å². The van der Waals surface area contributed by atoms with Gasteiger partial charge in [0.05, 0.1) is 11.6 Å². The van der Waals surface area contributed by atoms with Gasteiger partial charge >= 0.3 is 12.1 Å². The minimum atomic E-state index is -5.10. The smallest absolute Gasteiger partial charge is 0.420 e. The van der Waals surface area contributed by atoms with Crippen LogP contribution < -0.4 is 21.1 Å². The number of fused-ring (bicyclic) bond motifs is 2. The fraction of sp³-hybridized carbons (Fsp3) is 0.290. The highest BCUT2D eigenvalue weighted by Crippen LogP contribution is 2.33. The first-order valence-corrected chi connectivity index (χ1v) is 13.5. The predicted octanol–water partition coefficient (Wildman–Crippen LogP) is 4.34. The van der Waals surface area contributed by atoms with E-state index in [9.17, 15) is 32.3 Å². The molecule has 0 bridgehead atoms. The molecule has 42 heavy (non-hydrogen) atoms. The van der Waals surface area contributed by atoms with Gasteiger partial charge in [0, 0.05) is 34.5 Å². The van der Waals surface area contributed by atoms with E-state index in [1.807, 2.05) is 0 Å². The number of rotatable bonds is 7. The molecule has 0 unspecified atom stereocenters. The fourth-order valence-corrected chi connectivity index (χ4v) is 5.38. The second-order valence-corrected chi connectivity index (χ2v) is 10.5. The quantitative estimate of drug-likeness (QED) is 0.220. The number of halogens is 3. The number of anilines is 1. The van der Waals surface area contributed by atoms with Gasteiger partial charge < -0.3 is 21.1 Å². The number of alkyl halides is 3. The fourth-order valence-electron chi connectivity index (χ4n) is 5.38. The van der Waals surface area contributed by atoms with Crippen LogP contribution in [0.25, 0.3) is 0 Å². The Hall–Kier alpha value is -4.51. The summed E-state index contributed by atoms with van der Waals surface area (Å²) in [7, 11) is 0. The van der Waals surface area contributed by atoms with Crippen molar-refractivity contribution in [2.45, 2.75) is 56.4 Å². The van der Waals surface area contributed by atoms with E-state index in [0.29, 0.717) is 46.3 Å². The summed E-state index contributed by atoms with van der Waals surface area (Å²) in [6, 6.07) is 16.4. The standard InChI is InChI=1S/C31H28F3N3O5/c32-31(33,34)30(41)42-20-14-8-17(9-15-20)16-24(35)29(40)37-19-12-10-18(11-13-19)36-25-7-3-6-23-26(25)28(39)22-5-2-1-4-21(22)27(23)38/h1-9,14-15,18-19,24,36H,10-13,16,35H2,(H,37,40)/t18?,19?,24-/m0/s1. The molecule has 0 aliphatic heterocycles. The molecular formula is C31H28F3N3O5. The van der Waals surface area contributed by atoms with Crippen LogP contribution in [0.2, 0.25) is 0 Å². The molecule has 1 atom stereocenters. The van der Waals surface area contributed by atoms with E-state index in [-0.39, 0.29) is 41.7 Å². The van der Waals surface area contributed by atoms with Crippen LogP contribution in [0.3, 0.4) is 0 Å². The van der Waals surface area contributed by atoms with Crippen LogP contribution in [-0.4, -0.2) is 47.7 Å². The van der Waals surface area contributed by atoms with E-state index in [1.54, 1.807) is 42.5 Å². The third kappa shape index (κ3) is 6.20. The number of carbonyl (C=O) groups is 4. The van der Waals surface area contributed by atoms with Crippen molar-refractivity contribution in [2.75, 3.05) is 5.32 Å². The monoisotopic (exact) mass is 579 g/mol. The van der Waals surface area contributed by atoms with E-state index < -0.39 is 18.2 Å². The van der Waals surface area contributed by atoms with Gasteiger partial charge in [-0.25, -0.2) is 4.79 Å². The molecule has 3 aromatic rings. The topological polar surface area (TPSA) is 128 Å². The molecule has 1 fully saturated rings. The molecule has 0 spiro atoms. The molecule has 5 rings (SSSR count). The van der Waals surface area contributed by atoms with Crippen LogP contribution in [0.15, 0.2) is 66.7 Å². The van der Waals surface area contributed by atoms with Gasteiger partial charge in [-0.05, 0) is 55.9 Å². The highest BCUT2D eigenvalue weighted by molar-refractivity contribution is 6.30. The highest BCUT2D eigenvalue weighted by Gasteiger charge is 2.41. The van der Waals surface area contributed by atoms with Crippen molar-refractivity contribution in [1.82, 2.24) is 5.32 Å².